The smallest absolute Gasteiger partial charge is 0.137 e. The van der Waals surface area contributed by atoms with E-state index in [1.807, 2.05) is 6.07 Å². The van der Waals surface area contributed by atoms with Gasteiger partial charge in [0.25, 0.3) is 0 Å². The minimum absolute atomic E-state index is 0.700. The van der Waals surface area contributed by atoms with E-state index in [9.17, 15) is 0 Å². The molecule has 52 heavy (non-hydrogen) atoms. The van der Waals surface area contributed by atoms with Crippen LogP contribution in [0.25, 0.3) is 44.2 Å². The summed E-state index contributed by atoms with van der Waals surface area (Å²) >= 11 is 0. The van der Waals surface area contributed by atoms with Crippen molar-refractivity contribution in [3.05, 3.63) is 210 Å². The van der Waals surface area contributed by atoms with Gasteiger partial charge in [-0.05, 0) is 88.0 Å². The van der Waals surface area contributed by atoms with E-state index in [0.29, 0.717) is 0 Å². The first-order valence-electron chi connectivity index (χ1n) is 17.8. The van der Waals surface area contributed by atoms with Gasteiger partial charge in [-0.25, -0.2) is 0 Å². The minimum Gasteiger partial charge on any atom is -0.457 e. The average molecular weight is 666 g/mol. The summed E-state index contributed by atoms with van der Waals surface area (Å²) in [5, 5.41) is 2.19. The van der Waals surface area contributed by atoms with Crippen LogP contribution in [-0.4, -0.2) is 0 Å². The lowest BCUT2D eigenvalue weighted by Crippen LogP contribution is -2.39. The summed E-state index contributed by atoms with van der Waals surface area (Å²) in [6, 6.07) is 67.3. The molecule has 3 nitrogen and oxygen atoms in total. The lowest BCUT2D eigenvalue weighted by Gasteiger charge is -2.49. The van der Waals surface area contributed by atoms with Crippen LogP contribution in [0.3, 0.4) is 0 Å². The molecule has 0 saturated heterocycles. The summed E-state index contributed by atoms with van der Waals surface area (Å²) < 4.78 is 13.2. The average Bonchev–Trinajstić information content (AvgIpc) is 3.60. The number of hydrogen-bond donors (Lipinski definition) is 0. The maximum absolute atomic E-state index is 6.75. The fraction of sp³-hybridized carbons (Fsp3) is 0.0204. The van der Waals surface area contributed by atoms with Gasteiger partial charge in [-0.3, -0.25) is 0 Å². The molecule has 3 heteroatoms. The van der Waals surface area contributed by atoms with Crippen LogP contribution >= 0.6 is 0 Å². The lowest BCUT2D eigenvalue weighted by atomic mass is 9.60. The number of benzene rings is 8. The van der Waals surface area contributed by atoms with Gasteiger partial charge in [0, 0.05) is 16.5 Å². The molecule has 0 fully saturated rings. The van der Waals surface area contributed by atoms with Crippen LogP contribution in [0.4, 0.5) is 17.1 Å². The molecule has 244 valence electrons. The van der Waals surface area contributed by atoms with E-state index < -0.39 is 5.41 Å². The normalized spacial score (nSPS) is 13.7. The van der Waals surface area contributed by atoms with E-state index in [1.165, 1.54) is 22.3 Å². The fourth-order valence-electron chi connectivity index (χ4n) is 8.73. The topological polar surface area (TPSA) is 25.6 Å². The molecule has 0 radical (unpaired) electrons. The third kappa shape index (κ3) is 4.02. The van der Waals surface area contributed by atoms with Gasteiger partial charge in [0.2, 0.25) is 0 Å². The predicted octanol–water partition coefficient (Wildman–Crippen LogP) is 13.2. The zero-order valence-corrected chi connectivity index (χ0v) is 28.2. The monoisotopic (exact) mass is 665 g/mol. The molecule has 8 aromatic carbocycles. The second kappa shape index (κ2) is 11.1. The van der Waals surface area contributed by atoms with E-state index in [1.54, 1.807) is 0 Å². The van der Waals surface area contributed by atoms with E-state index in [2.05, 4.69) is 187 Å². The van der Waals surface area contributed by atoms with Crippen molar-refractivity contribution in [3.63, 3.8) is 0 Å². The van der Waals surface area contributed by atoms with Crippen molar-refractivity contribution in [2.75, 3.05) is 4.90 Å². The van der Waals surface area contributed by atoms with Crippen molar-refractivity contribution in [2.24, 2.45) is 0 Å². The number of para-hydroxylation sites is 3. The van der Waals surface area contributed by atoms with Gasteiger partial charge in [-0.2, -0.15) is 0 Å². The number of anilines is 3. The zero-order valence-electron chi connectivity index (χ0n) is 28.2. The second-order valence-electron chi connectivity index (χ2n) is 13.6. The maximum Gasteiger partial charge on any atom is 0.137 e. The summed E-state index contributed by atoms with van der Waals surface area (Å²) in [7, 11) is 0. The fourth-order valence-corrected chi connectivity index (χ4v) is 8.73. The standard InChI is InChI=1S/C49H31NO2/c1-3-14-32(15-4-1)34-26-28-41-39(30-34)49(37-19-8-11-23-45(37)52-46-24-12-9-20-38(46)49)40-31-35(33-16-5-2-6-17-33)27-29-42(40)50(41)43-21-13-25-47-48(43)36-18-7-10-22-44(36)51-47/h1-31H. The first-order valence-corrected chi connectivity index (χ1v) is 17.8. The molecular weight excluding hydrogens is 635 g/mol. The number of rotatable bonds is 3. The summed E-state index contributed by atoms with van der Waals surface area (Å²) in [6.07, 6.45) is 0. The molecule has 11 rings (SSSR count). The van der Waals surface area contributed by atoms with E-state index in [-0.39, 0.29) is 0 Å². The van der Waals surface area contributed by atoms with Gasteiger partial charge >= 0.3 is 0 Å². The molecule has 3 heterocycles. The highest BCUT2D eigenvalue weighted by Gasteiger charge is 2.51. The number of nitrogens with zero attached hydrogens (tertiary/aromatic N) is 1. The summed E-state index contributed by atoms with van der Waals surface area (Å²) in [6.45, 7) is 0. The van der Waals surface area contributed by atoms with Gasteiger partial charge in [-0.15, -0.1) is 0 Å². The molecule has 9 aromatic rings. The van der Waals surface area contributed by atoms with Gasteiger partial charge < -0.3 is 14.1 Å². The Hall–Kier alpha value is -6.84. The number of hydrogen-bond acceptors (Lipinski definition) is 3. The SMILES string of the molecule is c1ccc(-c2ccc3c(c2)C2(c4ccccc4Oc4ccccc42)c2cc(-c4ccccc4)ccc2N3c2cccc3oc4ccccc4c23)cc1. The van der Waals surface area contributed by atoms with Crippen molar-refractivity contribution in [3.8, 4) is 33.8 Å². The van der Waals surface area contributed by atoms with Crippen LogP contribution in [0, 0.1) is 0 Å². The molecule has 0 saturated carbocycles. The Kier molecular flexibility index (Phi) is 6.17. The highest BCUT2D eigenvalue weighted by atomic mass is 16.5. The first kappa shape index (κ1) is 28.9. The Morgan fingerprint density at radius 2 is 0.885 bits per heavy atom. The van der Waals surface area contributed by atoms with Crippen LogP contribution in [0.1, 0.15) is 22.3 Å². The van der Waals surface area contributed by atoms with E-state index in [4.69, 9.17) is 9.15 Å². The quantitative estimate of drug-likeness (QED) is 0.188. The largest absolute Gasteiger partial charge is 0.457 e. The molecule has 2 aliphatic heterocycles. The summed E-state index contributed by atoms with van der Waals surface area (Å²) in [5.41, 5.74) is 13.7. The van der Waals surface area contributed by atoms with Crippen molar-refractivity contribution in [1.82, 2.24) is 0 Å². The molecular formula is C49H31NO2. The third-order valence-corrected chi connectivity index (χ3v) is 10.9. The number of fused-ring (bicyclic) bond motifs is 11. The Balaban J connectivity index is 1.33. The molecule has 0 aliphatic carbocycles. The van der Waals surface area contributed by atoms with Crippen molar-refractivity contribution in [1.29, 1.82) is 0 Å². The third-order valence-electron chi connectivity index (χ3n) is 10.9. The van der Waals surface area contributed by atoms with Gasteiger partial charge in [-0.1, -0.05) is 133 Å². The highest BCUT2D eigenvalue weighted by Crippen LogP contribution is 2.64. The maximum atomic E-state index is 6.75. The Labute approximate surface area is 301 Å². The van der Waals surface area contributed by atoms with Gasteiger partial charge in [0.15, 0.2) is 0 Å². The summed E-state index contributed by atoms with van der Waals surface area (Å²) in [4.78, 5) is 2.46. The Morgan fingerprint density at radius 1 is 0.365 bits per heavy atom. The van der Waals surface area contributed by atoms with Crippen molar-refractivity contribution < 1.29 is 9.15 Å². The van der Waals surface area contributed by atoms with Crippen LogP contribution in [-0.2, 0) is 5.41 Å². The van der Waals surface area contributed by atoms with Crippen molar-refractivity contribution in [2.45, 2.75) is 5.41 Å². The Morgan fingerprint density at radius 3 is 1.50 bits per heavy atom. The molecule has 0 unspecified atom stereocenters. The van der Waals surface area contributed by atoms with Crippen LogP contribution in [0.15, 0.2) is 192 Å². The van der Waals surface area contributed by atoms with Crippen LogP contribution in [0.2, 0.25) is 0 Å². The molecule has 0 atom stereocenters. The van der Waals surface area contributed by atoms with E-state index in [0.717, 1.165) is 72.8 Å². The number of ether oxygens (including phenoxy) is 1. The molecule has 2 aliphatic rings. The van der Waals surface area contributed by atoms with Gasteiger partial charge in [0.05, 0.1) is 27.9 Å². The lowest BCUT2D eigenvalue weighted by molar-refractivity contribution is 0.434. The summed E-state index contributed by atoms with van der Waals surface area (Å²) in [5.74, 6) is 1.73. The molecule has 0 bridgehead atoms. The van der Waals surface area contributed by atoms with Gasteiger partial charge in [0.1, 0.15) is 22.7 Å². The van der Waals surface area contributed by atoms with Crippen molar-refractivity contribution >= 4 is 39.0 Å². The van der Waals surface area contributed by atoms with Crippen LogP contribution in [0.5, 0.6) is 11.5 Å². The zero-order chi connectivity index (χ0) is 34.2. The minimum atomic E-state index is -0.700. The highest BCUT2D eigenvalue weighted by molar-refractivity contribution is 6.14. The molecule has 1 aromatic heterocycles. The van der Waals surface area contributed by atoms with E-state index >= 15 is 0 Å². The second-order valence-corrected chi connectivity index (χ2v) is 13.6. The first-order chi connectivity index (χ1) is 25.8. The molecule has 0 N–H and O–H groups in total. The van der Waals surface area contributed by atoms with Crippen LogP contribution < -0.4 is 9.64 Å². The molecule has 0 amide bonds. The molecule has 1 spiro atoms. The Bertz CT molecular complexity index is 2700. The predicted molar refractivity (Wildman–Crippen MR) is 211 cm³/mol. The number of furan rings is 1.